The van der Waals surface area contributed by atoms with E-state index in [1.165, 1.54) is 12.8 Å². The second-order valence-electron chi connectivity index (χ2n) is 5.11. The summed E-state index contributed by atoms with van der Waals surface area (Å²) in [5.74, 6) is 2.03. The van der Waals surface area contributed by atoms with Crippen molar-refractivity contribution in [3.05, 3.63) is 45.8 Å². The van der Waals surface area contributed by atoms with Gasteiger partial charge in [-0.3, -0.25) is 4.90 Å². The molecule has 2 aromatic rings. The minimum atomic E-state index is 0.321. The highest BCUT2D eigenvalue weighted by Gasteiger charge is 2.25. The monoisotopic (exact) mass is 386 g/mol. The third-order valence-corrected chi connectivity index (χ3v) is 4.30. The van der Waals surface area contributed by atoms with Crippen molar-refractivity contribution in [3.8, 4) is 0 Å². The van der Waals surface area contributed by atoms with Crippen LogP contribution in [0.2, 0.25) is 0 Å². The first-order valence-electron chi connectivity index (χ1n) is 7.05. The summed E-state index contributed by atoms with van der Waals surface area (Å²) >= 11 is 2.19. The Morgan fingerprint density at radius 3 is 2.75 bits per heavy atom. The van der Waals surface area contributed by atoms with Crippen LogP contribution in [0.15, 0.2) is 39.4 Å². The Kier molecular flexibility index (Phi) is 4.80. The van der Waals surface area contributed by atoms with Crippen LogP contribution < -0.4 is 5.32 Å². The molecule has 1 unspecified atom stereocenters. The molecule has 2 aromatic heterocycles. The maximum absolute atomic E-state index is 5.61. The van der Waals surface area contributed by atoms with Crippen LogP contribution in [0, 0.1) is 3.77 Å². The van der Waals surface area contributed by atoms with Gasteiger partial charge in [0.15, 0.2) is 3.77 Å². The molecule has 0 radical (unpaired) electrons. The number of hydrogen-bond acceptors (Lipinski definition) is 4. The molecule has 0 amide bonds. The molecule has 0 bridgehead atoms. The first-order chi connectivity index (χ1) is 9.83. The predicted molar refractivity (Wildman–Crippen MR) is 85.4 cm³/mol. The van der Waals surface area contributed by atoms with E-state index in [2.05, 4.69) is 38.9 Å². The van der Waals surface area contributed by atoms with E-state index in [0.717, 1.165) is 41.5 Å². The van der Waals surface area contributed by atoms with Crippen LogP contribution in [0.1, 0.15) is 30.4 Å². The summed E-state index contributed by atoms with van der Waals surface area (Å²) in [4.78, 5) is 2.50. The van der Waals surface area contributed by atoms with Gasteiger partial charge >= 0.3 is 0 Å². The van der Waals surface area contributed by atoms with Gasteiger partial charge in [0, 0.05) is 6.54 Å². The van der Waals surface area contributed by atoms with E-state index in [-0.39, 0.29) is 0 Å². The molecule has 1 aliphatic rings. The Labute approximate surface area is 132 Å². The highest BCUT2D eigenvalue weighted by atomic mass is 127. The number of furan rings is 2. The van der Waals surface area contributed by atoms with Crippen molar-refractivity contribution in [3.63, 3.8) is 0 Å². The maximum atomic E-state index is 5.61. The second kappa shape index (κ2) is 6.78. The average molecular weight is 386 g/mol. The van der Waals surface area contributed by atoms with Gasteiger partial charge in [0.05, 0.1) is 18.8 Å². The predicted octanol–water partition coefficient (Wildman–Crippen LogP) is 3.40. The van der Waals surface area contributed by atoms with Crippen LogP contribution in [-0.2, 0) is 6.54 Å². The lowest BCUT2D eigenvalue weighted by Crippen LogP contribution is -2.33. The molecule has 5 heteroatoms. The van der Waals surface area contributed by atoms with Gasteiger partial charge < -0.3 is 14.2 Å². The molecule has 3 heterocycles. The number of likely N-dealkylation sites (tertiary alicyclic amines) is 1. The third-order valence-electron chi connectivity index (χ3n) is 3.72. The molecule has 0 aromatic carbocycles. The summed E-state index contributed by atoms with van der Waals surface area (Å²) in [6, 6.07) is 8.36. The Balaban J connectivity index is 1.58. The highest BCUT2D eigenvalue weighted by Crippen LogP contribution is 2.25. The molecule has 1 fully saturated rings. The first kappa shape index (κ1) is 14.2. The Bertz CT molecular complexity index is 518. The van der Waals surface area contributed by atoms with Crippen molar-refractivity contribution in [2.24, 2.45) is 0 Å². The van der Waals surface area contributed by atoms with E-state index in [1.807, 2.05) is 18.2 Å². The van der Waals surface area contributed by atoms with Crippen LogP contribution in [0.4, 0.5) is 0 Å². The SMILES string of the molecule is Ic1ccc(CNCC(c2ccco2)N2CCCC2)o1. The van der Waals surface area contributed by atoms with E-state index in [4.69, 9.17) is 8.83 Å². The van der Waals surface area contributed by atoms with Crippen LogP contribution >= 0.6 is 22.6 Å². The molecule has 1 N–H and O–H groups in total. The van der Waals surface area contributed by atoms with Crippen molar-refractivity contribution >= 4 is 22.6 Å². The van der Waals surface area contributed by atoms with Gasteiger partial charge in [0.1, 0.15) is 11.5 Å². The molecule has 108 valence electrons. The van der Waals surface area contributed by atoms with Gasteiger partial charge in [-0.15, -0.1) is 0 Å². The zero-order chi connectivity index (χ0) is 13.8. The lowest BCUT2D eigenvalue weighted by atomic mass is 10.2. The zero-order valence-electron chi connectivity index (χ0n) is 11.3. The van der Waals surface area contributed by atoms with Gasteiger partial charge in [-0.05, 0) is 72.8 Å². The molecule has 0 saturated carbocycles. The lowest BCUT2D eigenvalue weighted by molar-refractivity contribution is 0.208. The summed E-state index contributed by atoms with van der Waals surface area (Å²) in [6.07, 6.45) is 4.33. The fourth-order valence-electron chi connectivity index (χ4n) is 2.72. The van der Waals surface area contributed by atoms with Gasteiger partial charge in [0.2, 0.25) is 0 Å². The van der Waals surface area contributed by atoms with Crippen LogP contribution in [-0.4, -0.2) is 24.5 Å². The van der Waals surface area contributed by atoms with E-state index in [9.17, 15) is 0 Å². The van der Waals surface area contributed by atoms with Gasteiger partial charge in [0.25, 0.3) is 0 Å². The second-order valence-corrected chi connectivity index (χ2v) is 6.17. The zero-order valence-corrected chi connectivity index (χ0v) is 13.5. The Hall–Kier alpha value is -0.790. The van der Waals surface area contributed by atoms with E-state index in [1.54, 1.807) is 6.26 Å². The van der Waals surface area contributed by atoms with E-state index >= 15 is 0 Å². The van der Waals surface area contributed by atoms with Crippen molar-refractivity contribution in [1.29, 1.82) is 0 Å². The van der Waals surface area contributed by atoms with Crippen molar-refractivity contribution < 1.29 is 8.83 Å². The number of halogens is 1. The smallest absolute Gasteiger partial charge is 0.164 e. The molecule has 4 nitrogen and oxygen atoms in total. The van der Waals surface area contributed by atoms with Crippen molar-refractivity contribution in [2.45, 2.75) is 25.4 Å². The van der Waals surface area contributed by atoms with Crippen molar-refractivity contribution in [2.75, 3.05) is 19.6 Å². The Morgan fingerprint density at radius 1 is 1.25 bits per heavy atom. The first-order valence-corrected chi connectivity index (χ1v) is 8.13. The minimum absolute atomic E-state index is 0.321. The summed E-state index contributed by atoms with van der Waals surface area (Å²) in [6.45, 7) is 3.95. The normalized spacial score (nSPS) is 17.6. The van der Waals surface area contributed by atoms with Gasteiger partial charge in [-0.2, -0.15) is 0 Å². The minimum Gasteiger partial charge on any atom is -0.468 e. The summed E-state index contributed by atoms with van der Waals surface area (Å²) in [5.41, 5.74) is 0. The van der Waals surface area contributed by atoms with Crippen LogP contribution in [0.3, 0.4) is 0 Å². The summed E-state index contributed by atoms with van der Waals surface area (Å²) < 4.78 is 12.1. The number of nitrogens with zero attached hydrogens (tertiary/aromatic N) is 1. The fraction of sp³-hybridized carbons (Fsp3) is 0.467. The fourth-order valence-corrected chi connectivity index (χ4v) is 3.19. The molecule has 1 saturated heterocycles. The van der Waals surface area contributed by atoms with Crippen LogP contribution in [0.25, 0.3) is 0 Å². The number of nitrogens with one attached hydrogen (secondary N) is 1. The highest BCUT2D eigenvalue weighted by molar-refractivity contribution is 14.1. The standard InChI is InChI=1S/C15H19IN2O2/c16-15-6-5-12(20-15)10-17-11-13(14-4-3-9-19-14)18-7-1-2-8-18/h3-6,9,13,17H,1-2,7-8,10-11H2. The number of rotatable bonds is 6. The molecule has 0 aliphatic carbocycles. The van der Waals surface area contributed by atoms with E-state index < -0.39 is 0 Å². The third kappa shape index (κ3) is 3.45. The number of hydrogen-bond donors (Lipinski definition) is 1. The molecular formula is C15H19IN2O2. The molecular weight excluding hydrogens is 367 g/mol. The quantitative estimate of drug-likeness (QED) is 0.773. The summed E-state index contributed by atoms with van der Waals surface area (Å²) in [7, 11) is 0. The molecule has 1 aliphatic heterocycles. The largest absolute Gasteiger partial charge is 0.468 e. The molecule has 1 atom stereocenters. The lowest BCUT2D eigenvalue weighted by Gasteiger charge is -2.25. The molecule has 20 heavy (non-hydrogen) atoms. The molecule has 3 rings (SSSR count). The summed E-state index contributed by atoms with van der Waals surface area (Å²) in [5, 5.41) is 3.48. The van der Waals surface area contributed by atoms with E-state index in [0.29, 0.717) is 6.04 Å². The van der Waals surface area contributed by atoms with Gasteiger partial charge in [-0.25, -0.2) is 0 Å². The van der Waals surface area contributed by atoms with Gasteiger partial charge in [-0.1, -0.05) is 0 Å². The van der Waals surface area contributed by atoms with Crippen molar-refractivity contribution in [1.82, 2.24) is 10.2 Å². The average Bonchev–Trinajstić information content (AvgIpc) is 3.18. The van der Waals surface area contributed by atoms with Crippen LogP contribution in [0.5, 0.6) is 0 Å². The topological polar surface area (TPSA) is 41.6 Å². The maximum Gasteiger partial charge on any atom is 0.164 e. The Morgan fingerprint density at radius 2 is 2.10 bits per heavy atom. The molecule has 0 spiro atoms.